The van der Waals surface area contributed by atoms with Gasteiger partial charge in [0.1, 0.15) is 11.9 Å². The number of halogens is 3. The van der Waals surface area contributed by atoms with E-state index < -0.39 is 6.04 Å². The summed E-state index contributed by atoms with van der Waals surface area (Å²) < 4.78 is 14.1. The predicted octanol–water partition coefficient (Wildman–Crippen LogP) is 6.62. The third-order valence-corrected chi connectivity index (χ3v) is 7.69. The van der Waals surface area contributed by atoms with Crippen molar-refractivity contribution in [3.05, 3.63) is 69.5 Å². The molecule has 1 fully saturated rings. The van der Waals surface area contributed by atoms with Crippen LogP contribution in [0.15, 0.2) is 42.5 Å². The minimum absolute atomic E-state index is 0.112. The summed E-state index contributed by atoms with van der Waals surface area (Å²) in [6, 6.07) is 11.4. The van der Waals surface area contributed by atoms with Crippen LogP contribution in [0, 0.1) is 5.82 Å². The molecule has 1 aliphatic rings. The quantitative estimate of drug-likeness (QED) is 0.379. The Morgan fingerprint density at radius 3 is 2.47 bits per heavy atom. The predicted molar refractivity (Wildman–Crippen MR) is 139 cm³/mol. The summed E-state index contributed by atoms with van der Waals surface area (Å²) in [5.41, 5.74) is 1.28. The van der Waals surface area contributed by atoms with Crippen LogP contribution in [0.1, 0.15) is 56.6 Å². The van der Waals surface area contributed by atoms with Crippen LogP contribution in [0.25, 0.3) is 0 Å². The molecule has 0 aromatic heterocycles. The number of carbonyl (C=O) groups excluding carboxylic acids is 2. The molecule has 1 atom stereocenters. The Kier molecular flexibility index (Phi) is 10.5. The summed E-state index contributed by atoms with van der Waals surface area (Å²) in [4.78, 5) is 28.2. The van der Waals surface area contributed by atoms with E-state index in [-0.39, 0.29) is 35.2 Å². The number of carbonyl (C=O) groups is 2. The maximum absolute atomic E-state index is 14.1. The molecule has 1 N–H and O–H groups in total. The van der Waals surface area contributed by atoms with Crippen molar-refractivity contribution < 1.29 is 14.0 Å². The molecule has 0 spiro atoms. The third-order valence-electron chi connectivity index (χ3n) is 6.14. The molecule has 1 saturated carbocycles. The molecule has 0 bridgehead atoms. The van der Waals surface area contributed by atoms with Gasteiger partial charge in [0.25, 0.3) is 0 Å². The maximum atomic E-state index is 14.1. The molecule has 8 heteroatoms. The van der Waals surface area contributed by atoms with Crippen molar-refractivity contribution >= 4 is 46.8 Å². The van der Waals surface area contributed by atoms with Gasteiger partial charge >= 0.3 is 0 Å². The fourth-order valence-corrected chi connectivity index (χ4v) is 5.62. The van der Waals surface area contributed by atoms with E-state index >= 15 is 0 Å². The lowest BCUT2D eigenvalue weighted by Crippen LogP contribution is -2.52. The monoisotopic (exact) mass is 524 g/mol. The fraction of sp³-hybridized carbons (Fsp3) is 0.462. The lowest BCUT2D eigenvalue weighted by Gasteiger charge is -2.32. The van der Waals surface area contributed by atoms with Crippen molar-refractivity contribution in [3.63, 3.8) is 0 Å². The number of nitrogens with one attached hydrogen (secondary N) is 1. The maximum Gasteiger partial charge on any atom is 0.243 e. The van der Waals surface area contributed by atoms with E-state index in [1.807, 2.05) is 19.1 Å². The average molecular weight is 526 g/mol. The van der Waals surface area contributed by atoms with Crippen LogP contribution in [0.3, 0.4) is 0 Å². The molecule has 3 rings (SSSR count). The molecule has 0 radical (unpaired) electrons. The van der Waals surface area contributed by atoms with Gasteiger partial charge in [0.2, 0.25) is 11.8 Å². The van der Waals surface area contributed by atoms with Crippen LogP contribution in [-0.2, 0) is 21.9 Å². The molecule has 0 saturated heterocycles. The Balaban J connectivity index is 1.72. The number of rotatable bonds is 10. The zero-order valence-electron chi connectivity index (χ0n) is 19.4. The standard InChI is InChI=1S/C26H31Cl2FN2O2S/c1-2-24(26(33)30-20-7-4-3-5-8-20)31(15-18-11-13-19(27)14-12-18)25(32)17-34-16-21-22(28)9-6-10-23(21)29/h6,9-14,20,24H,2-5,7-8,15-17H2,1H3,(H,30,33)/t24-/m1/s1. The molecule has 2 aromatic carbocycles. The van der Waals surface area contributed by atoms with Gasteiger partial charge in [-0.1, -0.05) is 67.6 Å². The highest BCUT2D eigenvalue weighted by Crippen LogP contribution is 2.25. The molecule has 184 valence electrons. The minimum Gasteiger partial charge on any atom is -0.352 e. The van der Waals surface area contributed by atoms with E-state index in [2.05, 4.69) is 5.32 Å². The van der Waals surface area contributed by atoms with Gasteiger partial charge in [0.15, 0.2) is 0 Å². The van der Waals surface area contributed by atoms with Crippen LogP contribution in [0.2, 0.25) is 10.0 Å². The Morgan fingerprint density at radius 1 is 1.12 bits per heavy atom. The summed E-state index contributed by atoms with van der Waals surface area (Å²) in [7, 11) is 0. The van der Waals surface area contributed by atoms with E-state index in [0.29, 0.717) is 28.6 Å². The van der Waals surface area contributed by atoms with Gasteiger partial charge < -0.3 is 10.2 Å². The van der Waals surface area contributed by atoms with Gasteiger partial charge in [-0.05, 0) is 49.1 Å². The molecule has 2 aromatic rings. The van der Waals surface area contributed by atoms with Crippen molar-refractivity contribution in [1.82, 2.24) is 10.2 Å². The highest BCUT2D eigenvalue weighted by molar-refractivity contribution is 7.99. The van der Waals surface area contributed by atoms with Crippen LogP contribution in [0.5, 0.6) is 0 Å². The van der Waals surface area contributed by atoms with Gasteiger partial charge in [-0.15, -0.1) is 11.8 Å². The van der Waals surface area contributed by atoms with Gasteiger partial charge in [-0.2, -0.15) is 0 Å². The van der Waals surface area contributed by atoms with E-state index in [0.717, 1.165) is 31.2 Å². The summed E-state index contributed by atoms with van der Waals surface area (Å²) in [5, 5.41) is 4.13. The smallest absolute Gasteiger partial charge is 0.243 e. The molecule has 0 aliphatic heterocycles. The van der Waals surface area contributed by atoms with Crippen LogP contribution < -0.4 is 5.32 Å². The van der Waals surface area contributed by atoms with Crippen LogP contribution in [-0.4, -0.2) is 34.6 Å². The number of thioether (sulfide) groups is 1. The summed E-state index contributed by atoms with van der Waals surface area (Å²) in [6.45, 7) is 2.22. The zero-order valence-corrected chi connectivity index (χ0v) is 21.7. The molecular formula is C26H31Cl2FN2O2S. The molecule has 34 heavy (non-hydrogen) atoms. The highest BCUT2D eigenvalue weighted by Gasteiger charge is 2.30. The Hall–Kier alpha value is -1.76. The average Bonchev–Trinajstić information content (AvgIpc) is 2.82. The second kappa shape index (κ2) is 13.4. The van der Waals surface area contributed by atoms with E-state index in [1.54, 1.807) is 29.2 Å². The molecule has 1 aliphatic carbocycles. The number of nitrogens with zero attached hydrogens (tertiary/aromatic N) is 1. The first-order valence-electron chi connectivity index (χ1n) is 11.7. The second-order valence-electron chi connectivity index (χ2n) is 8.61. The largest absolute Gasteiger partial charge is 0.352 e. The van der Waals surface area contributed by atoms with Crippen molar-refractivity contribution in [2.24, 2.45) is 0 Å². The van der Waals surface area contributed by atoms with Gasteiger partial charge in [0.05, 0.1) is 5.75 Å². The summed E-state index contributed by atoms with van der Waals surface area (Å²) in [5.74, 6) is -0.275. The number of amides is 2. The zero-order chi connectivity index (χ0) is 24.5. The topological polar surface area (TPSA) is 49.4 Å². The second-order valence-corrected chi connectivity index (χ2v) is 10.4. The lowest BCUT2D eigenvalue weighted by atomic mass is 9.95. The third kappa shape index (κ3) is 7.62. The number of hydrogen-bond donors (Lipinski definition) is 1. The Bertz CT molecular complexity index is 948. The first-order chi connectivity index (χ1) is 16.4. The SMILES string of the molecule is CC[C@H](C(=O)NC1CCCCC1)N(Cc1ccc(Cl)cc1)C(=O)CSCc1c(F)cccc1Cl. The van der Waals surface area contributed by atoms with E-state index in [1.165, 1.54) is 24.2 Å². The Labute approximate surface area is 215 Å². The van der Waals surface area contributed by atoms with Crippen molar-refractivity contribution in [3.8, 4) is 0 Å². The van der Waals surface area contributed by atoms with E-state index in [9.17, 15) is 14.0 Å². The molecule has 0 heterocycles. The summed E-state index contributed by atoms with van der Waals surface area (Å²) in [6.07, 6.45) is 5.89. The molecule has 4 nitrogen and oxygen atoms in total. The molecule has 2 amide bonds. The lowest BCUT2D eigenvalue weighted by molar-refractivity contribution is -0.139. The summed E-state index contributed by atoms with van der Waals surface area (Å²) >= 11 is 13.4. The number of hydrogen-bond acceptors (Lipinski definition) is 3. The fourth-order valence-electron chi connectivity index (χ4n) is 4.24. The van der Waals surface area contributed by atoms with Crippen LogP contribution in [0.4, 0.5) is 4.39 Å². The van der Waals surface area contributed by atoms with E-state index in [4.69, 9.17) is 23.2 Å². The van der Waals surface area contributed by atoms with Crippen molar-refractivity contribution in [2.75, 3.05) is 5.75 Å². The Morgan fingerprint density at radius 2 is 1.82 bits per heavy atom. The first-order valence-corrected chi connectivity index (χ1v) is 13.6. The minimum atomic E-state index is -0.581. The highest BCUT2D eigenvalue weighted by atomic mass is 35.5. The van der Waals surface area contributed by atoms with Gasteiger partial charge in [-0.3, -0.25) is 9.59 Å². The van der Waals surface area contributed by atoms with Gasteiger partial charge in [0, 0.05) is 33.9 Å². The van der Waals surface area contributed by atoms with Crippen molar-refractivity contribution in [1.29, 1.82) is 0 Å². The first kappa shape index (κ1) is 26.8. The molecular weight excluding hydrogens is 494 g/mol. The van der Waals surface area contributed by atoms with Gasteiger partial charge in [-0.25, -0.2) is 4.39 Å². The number of benzene rings is 2. The molecule has 0 unspecified atom stereocenters. The van der Waals surface area contributed by atoms with Crippen LogP contribution >= 0.6 is 35.0 Å². The van der Waals surface area contributed by atoms with Crippen molar-refractivity contribution in [2.45, 2.75) is 69.8 Å². The normalized spacial score (nSPS) is 15.1.